The molecule has 2 atom stereocenters. The molecule has 7 heteroatoms. The number of ether oxygens (including phenoxy) is 1. The predicted molar refractivity (Wildman–Crippen MR) is 99.7 cm³/mol. The molecule has 142 valence electrons. The van der Waals surface area contributed by atoms with Crippen molar-refractivity contribution in [3.63, 3.8) is 0 Å². The van der Waals surface area contributed by atoms with Crippen molar-refractivity contribution in [1.82, 2.24) is 10.2 Å². The summed E-state index contributed by atoms with van der Waals surface area (Å²) in [5.41, 5.74) is 7.79. The van der Waals surface area contributed by atoms with Gasteiger partial charge in [-0.25, -0.2) is 0 Å². The maximum absolute atomic E-state index is 12.4. The molecule has 0 unspecified atom stereocenters. The second-order valence-electron chi connectivity index (χ2n) is 6.90. The molecule has 3 rings (SSSR count). The summed E-state index contributed by atoms with van der Waals surface area (Å²) in [6, 6.07) is 8.09. The molecule has 3 N–H and O–H groups in total. The molecule has 1 aromatic carbocycles. The average Bonchev–Trinajstić information content (AvgIpc) is 3.16. The Morgan fingerprint density at radius 3 is 2.58 bits per heavy atom. The zero-order valence-corrected chi connectivity index (χ0v) is 15.3. The molecule has 0 bridgehead atoms. The van der Waals surface area contributed by atoms with Gasteiger partial charge >= 0.3 is 0 Å². The van der Waals surface area contributed by atoms with Gasteiger partial charge in [-0.15, -0.1) is 0 Å². The smallest absolute Gasteiger partial charge is 0.249 e. The number of nitrogens with two attached hydrogens (primary N) is 1. The van der Waals surface area contributed by atoms with Gasteiger partial charge in [0.05, 0.1) is 6.10 Å². The number of nitrogens with one attached hydrogen (secondary N) is 1. The fourth-order valence-electron chi connectivity index (χ4n) is 3.60. The summed E-state index contributed by atoms with van der Waals surface area (Å²) in [6.07, 6.45) is 1.17. The summed E-state index contributed by atoms with van der Waals surface area (Å²) in [7, 11) is 0. The number of rotatable bonds is 5. The number of carbonyl (C=O) groups is 2. The molecule has 0 spiro atoms. The summed E-state index contributed by atoms with van der Waals surface area (Å²) in [4.78, 5) is 28.0. The van der Waals surface area contributed by atoms with Crippen molar-refractivity contribution in [3.8, 4) is 0 Å². The number of amides is 2. The first-order valence-corrected chi connectivity index (χ1v) is 9.30. The monoisotopic (exact) mass is 360 g/mol. The van der Waals surface area contributed by atoms with Crippen molar-refractivity contribution in [2.24, 2.45) is 5.73 Å². The van der Waals surface area contributed by atoms with E-state index in [1.807, 2.05) is 23.1 Å². The van der Waals surface area contributed by atoms with Crippen LogP contribution in [0.2, 0.25) is 0 Å². The Morgan fingerprint density at radius 2 is 1.92 bits per heavy atom. The maximum atomic E-state index is 12.4. The normalized spacial score (nSPS) is 23.2. The summed E-state index contributed by atoms with van der Waals surface area (Å²) in [5, 5.41) is 3.00. The number of hydrogen-bond acceptors (Lipinski definition) is 5. The van der Waals surface area contributed by atoms with Crippen molar-refractivity contribution in [2.45, 2.75) is 38.5 Å². The van der Waals surface area contributed by atoms with Gasteiger partial charge in [-0.05, 0) is 24.5 Å². The highest BCUT2D eigenvalue weighted by molar-refractivity contribution is 5.81. The van der Waals surface area contributed by atoms with Crippen molar-refractivity contribution >= 4 is 17.5 Å². The van der Waals surface area contributed by atoms with Crippen LogP contribution in [-0.4, -0.2) is 61.6 Å². The highest BCUT2D eigenvalue weighted by Gasteiger charge is 2.29. The van der Waals surface area contributed by atoms with Crippen molar-refractivity contribution < 1.29 is 14.3 Å². The fourth-order valence-corrected chi connectivity index (χ4v) is 3.60. The minimum atomic E-state index is -0.394. The molecule has 0 saturated carbocycles. The number of carbonyl (C=O) groups excluding carboxylic acids is 2. The van der Waals surface area contributed by atoms with E-state index >= 15 is 0 Å². The Balaban J connectivity index is 1.58. The van der Waals surface area contributed by atoms with Crippen LogP contribution in [0.5, 0.6) is 0 Å². The third-order valence-corrected chi connectivity index (χ3v) is 5.17. The third-order valence-electron chi connectivity index (χ3n) is 5.17. The van der Waals surface area contributed by atoms with Crippen LogP contribution in [0.3, 0.4) is 0 Å². The van der Waals surface area contributed by atoms with Crippen molar-refractivity contribution in [2.75, 3.05) is 37.6 Å². The Hall–Kier alpha value is -2.12. The predicted octanol–water partition coefficient (Wildman–Crippen LogP) is 0.478. The van der Waals surface area contributed by atoms with E-state index in [2.05, 4.69) is 16.3 Å². The number of nitrogens with zero attached hydrogens (tertiary/aromatic N) is 2. The molecule has 1 aromatic rings. The van der Waals surface area contributed by atoms with Crippen LogP contribution >= 0.6 is 0 Å². The van der Waals surface area contributed by atoms with Gasteiger partial charge in [0.1, 0.15) is 6.10 Å². The highest BCUT2D eigenvalue weighted by Crippen LogP contribution is 2.23. The van der Waals surface area contributed by atoms with Gasteiger partial charge in [0.15, 0.2) is 0 Å². The molecule has 2 aliphatic rings. The minimum absolute atomic E-state index is 0.00407. The van der Waals surface area contributed by atoms with E-state index in [-0.39, 0.29) is 17.9 Å². The third kappa shape index (κ3) is 4.34. The SMILES string of the molecule is CC(=O)N1CCN(c2ccccc2CNC(=O)[C@@H]2CC[C@H](CN)O2)CC1. The van der Waals surface area contributed by atoms with E-state index in [9.17, 15) is 9.59 Å². The van der Waals surface area contributed by atoms with Gasteiger partial charge in [-0.1, -0.05) is 18.2 Å². The Bertz CT molecular complexity index is 643. The Kier molecular flexibility index (Phi) is 6.11. The molecular formula is C19H28N4O3. The summed E-state index contributed by atoms with van der Waals surface area (Å²) < 4.78 is 5.66. The number of piperazine rings is 1. The van der Waals surface area contributed by atoms with Crippen LogP contribution in [-0.2, 0) is 20.9 Å². The number of para-hydroxylation sites is 1. The second kappa shape index (κ2) is 8.51. The molecule has 0 radical (unpaired) electrons. The average molecular weight is 360 g/mol. The zero-order chi connectivity index (χ0) is 18.5. The second-order valence-corrected chi connectivity index (χ2v) is 6.90. The molecule has 0 aliphatic carbocycles. The molecule has 0 aromatic heterocycles. The first-order chi connectivity index (χ1) is 12.6. The van der Waals surface area contributed by atoms with Crippen LogP contribution in [0.1, 0.15) is 25.3 Å². The van der Waals surface area contributed by atoms with Crippen LogP contribution in [0.15, 0.2) is 24.3 Å². The topological polar surface area (TPSA) is 87.9 Å². The number of hydrogen-bond donors (Lipinski definition) is 2. The molecule has 7 nitrogen and oxygen atoms in total. The highest BCUT2D eigenvalue weighted by atomic mass is 16.5. The Labute approximate surface area is 154 Å². The van der Waals surface area contributed by atoms with Gasteiger partial charge in [-0.2, -0.15) is 0 Å². The minimum Gasteiger partial charge on any atom is -0.368 e. The first kappa shape index (κ1) is 18.7. The Morgan fingerprint density at radius 1 is 1.19 bits per heavy atom. The van der Waals surface area contributed by atoms with Gasteiger partial charge in [-0.3, -0.25) is 9.59 Å². The quantitative estimate of drug-likeness (QED) is 0.797. The maximum Gasteiger partial charge on any atom is 0.249 e. The molecule has 2 fully saturated rings. The van der Waals surface area contributed by atoms with E-state index in [1.54, 1.807) is 6.92 Å². The van der Waals surface area contributed by atoms with E-state index in [0.717, 1.165) is 50.3 Å². The van der Waals surface area contributed by atoms with Gasteiger partial charge < -0.3 is 25.6 Å². The lowest BCUT2D eigenvalue weighted by Crippen LogP contribution is -2.48. The van der Waals surface area contributed by atoms with Crippen LogP contribution in [0, 0.1) is 0 Å². The van der Waals surface area contributed by atoms with E-state index in [0.29, 0.717) is 13.1 Å². The molecule has 2 saturated heterocycles. The van der Waals surface area contributed by atoms with Crippen molar-refractivity contribution in [3.05, 3.63) is 29.8 Å². The molecule has 2 aliphatic heterocycles. The van der Waals surface area contributed by atoms with E-state index in [1.165, 1.54) is 0 Å². The van der Waals surface area contributed by atoms with E-state index < -0.39 is 6.10 Å². The zero-order valence-electron chi connectivity index (χ0n) is 15.3. The summed E-state index contributed by atoms with van der Waals surface area (Å²) in [5.74, 6) is 0.0506. The van der Waals surface area contributed by atoms with Crippen LogP contribution < -0.4 is 16.0 Å². The van der Waals surface area contributed by atoms with Crippen LogP contribution in [0.25, 0.3) is 0 Å². The number of benzene rings is 1. The molecule has 2 heterocycles. The lowest BCUT2D eigenvalue weighted by Gasteiger charge is -2.36. The molecular weight excluding hydrogens is 332 g/mol. The van der Waals surface area contributed by atoms with Crippen molar-refractivity contribution in [1.29, 1.82) is 0 Å². The van der Waals surface area contributed by atoms with Gasteiger partial charge in [0.2, 0.25) is 11.8 Å². The summed E-state index contributed by atoms with van der Waals surface area (Å²) >= 11 is 0. The summed E-state index contributed by atoms with van der Waals surface area (Å²) in [6.45, 7) is 5.59. The van der Waals surface area contributed by atoms with Gasteiger partial charge in [0.25, 0.3) is 0 Å². The number of anilines is 1. The largest absolute Gasteiger partial charge is 0.368 e. The lowest BCUT2D eigenvalue weighted by atomic mass is 10.1. The fraction of sp³-hybridized carbons (Fsp3) is 0.579. The standard InChI is InChI=1S/C19H28N4O3/c1-14(24)22-8-10-23(11-9-22)17-5-3-2-4-15(17)13-21-19(25)18-7-6-16(12-20)26-18/h2-5,16,18H,6-13,20H2,1H3,(H,21,25)/t16-,18+/m1/s1. The van der Waals surface area contributed by atoms with E-state index in [4.69, 9.17) is 10.5 Å². The lowest BCUT2D eigenvalue weighted by molar-refractivity contribution is -0.132. The van der Waals surface area contributed by atoms with Crippen LogP contribution in [0.4, 0.5) is 5.69 Å². The molecule has 26 heavy (non-hydrogen) atoms. The van der Waals surface area contributed by atoms with Gasteiger partial charge in [0, 0.05) is 51.9 Å². The molecule has 2 amide bonds. The first-order valence-electron chi connectivity index (χ1n) is 9.30.